The first-order chi connectivity index (χ1) is 6.46. The van der Waals surface area contributed by atoms with E-state index < -0.39 is 16.5 Å². The normalized spacial score (nSPS) is 14.4. The van der Waals surface area contributed by atoms with Crippen molar-refractivity contribution in [2.24, 2.45) is 0 Å². The molecule has 0 saturated carbocycles. The molecule has 1 N–H and O–H groups in total. The fourth-order valence-corrected chi connectivity index (χ4v) is 1.10. The molecule has 0 aliphatic carbocycles. The third-order valence-electron chi connectivity index (χ3n) is 1.89. The molecular weight excluding hydrogens is 200 g/mol. The molecule has 0 aromatic heterocycles. The zero-order valence-corrected chi connectivity index (χ0v) is 8.49. The minimum atomic E-state index is -1.67. The largest absolute Gasteiger partial charge is 0.480 e. The average Bonchev–Trinajstić information content (AvgIpc) is 2.17. The van der Waals surface area contributed by atoms with Crippen molar-refractivity contribution in [2.45, 2.75) is 11.7 Å². The Hall–Kier alpha value is -1.29. The smallest absolute Gasteiger partial charge is 0.327 e. The van der Waals surface area contributed by atoms with Gasteiger partial charge in [-0.3, -0.25) is 9.59 Å². The number of benzene rings is 1. The van der Waals surface area contributed by atoms with E-state index in [1.54, 1.807) is 30.3 Å². The molecule has 3 nitrogen and oxygen atoms in total. The number of Topliss-reactive ketones (excluding diaryl/α,β-unsaturated/α-hetero) is 1. The van der Waals surface area contributed by atoms with Gasteiger partial charge in [-0.25, -0.2) is 0 Å². The molecule has 0 fully saturated rings. The number of carbonyl (C=O) groups is 2. The highest BCUT2D eigenvalue weighted by molar-refractivity contribution is 7.83. The summed E-state index contributed by atoms with van der Waals surface area (Å²) in [6, 6.07) is 8.25. The first-order valence-corrected chi connectivity index (χ1v) is 4.46. The second-order valence-corrected chi connectivity index (χ2v) is 3.97. The minimum absolute atomic E-state index is 0.354. The van der Waals surface area contributed by atoms with Crippen molar-refractivity contribution in [3.05, 3.63) is 35.9 Å². The Labute approximate surface area is 87.2 Å². The number of carboxylic acids is 1. The molecule has 0 aliphatic rings. The number of rotatable bonds is 3. The van der Waals surface area contributed by atoms with E-state index in [1.165, 1.54) is 6.92 Å². The number of carboxylic acid groups (broad SMARTS) is 1. The fraction of sp³-hybridized carbons (Fsp3) is 0.200. The Morgan fingerprint density at radius 3 is 2.21 bits per heavy atom. The minimum Gasteiger partial charge on any atom is -0.480 e. The number of hydrogen-bond donors (Lipinski definition) is 2. The molecule has 0 unspecified atom stereocenters. The molecule has 1 aromatic carbocycles. The van der Waals surface area contributed by atoms with Crippen molar-refractivity contribution in [3.8, 4) is 0 Å². The van der Waals surface area contributed by atoms with Gasteiger partial charge in [0.2, 0.25) is 0 Å². The van der Waals surface area contributed by atoms with Crippen LogP contribution in [0.1, 0.15) is 17.3 Å². The topological polar surface area (TPSA) is 54.4 Å². The number of hydrogen-bond acceptors (Lipinski definition) is 3. The molecule has 1 rings (SSSR count). The van der Waals surface area contributed by atoms with Crippen molar-refractivity contribution >= 4 is 24.4 Å². The summed E-state index contributed by atoms with van der Waals surface area (Å²) < 4.78 is -1.67. The lowest BCUT2D eigenvalue weighted by Gasteiger charge is -2.16. The number of aliphatic carboxylic acids is 1. The summed E-state index contributed by atoms with van der Waals surface area (Å²) in [6.07, 6.45) is 0. The van der Waals surface area contributed by atoms with Crippen molar-refractivity contribution in [1.82, 2.24) is 0 Å². The van der Waals surface area contributed by atoms with Crippen LogP contribution in [0.3, 0.4) is 0 Å². The average molecular weight is 210 g/mol. The molecule has 0 aliphatic heterocycles. The Balaban J connectivity index is 3.03. The van der Waals surface area contributed by atoms with Crippen LogP contribution in [0.2, 0.25) is 0 Å². The molecule has 14 heavy (non-hydrogen) atoms. The van der Waals surface area contributed by atoms with Crippen molar-refractivity contribution in [3.63, 3.8) is 0 Å². The summed E-state index contributed by atoms with van der Waals surface area (Å²) in [6.45, 7) is 1.27. The van der Waals surface area contributed by atoms with E-state index in [-0.39, 0.29) is 0 Å². The monoisotopic (exact) mass is 210 g/mol. The zero-order chi connectivity index (χ0) is 10.8. The Bertz CT molecular complexity index is 357. The number of ketones is 1. The molecule has 4 heteroatoms. The lowest BCUT2D eigenvalue weighted by molar-refractivity contribution is -0.137. The highest BCUT2D eigenvalue weighted by Gasteiger charge is 2.37. The molecule has 0 spiro atoms. The highest BCUT2D eigenvalue weighted by Crippen LogP contribution is 2.20. The summed E-state index contributed by atoms with van der Waals surface area (Å²) in [5.74, 6) is -1.75. The standard InChI is InChI=1S/C10H10O3S/c1-10(14,9(12)13)8(11)7-5-3-2-4-6-7/h2-6,14H,1H3,(H,12,13)/t10-/m0/s1. The first kappa shape index (κ1) is 10.8. The van der Waals surface area contributed by atoms with Crippen LogP contribution in [-0.2, 0) is 4.79 Å². The van der Waals surface area contributed by atoms with E-state index in [2.05, 4.69) is 12.6 Å². The van der Waals surface area contributed by atoms with Gasteiger partial charge in [-0.15, -0.1) is 0 Å². The maximum Gasteiger partial charge on any atom is 0.327 e. The van der Waals surface area contributed by atoms with Crippen molar-refractivity contribution < 1.29 is 14.7 Å². The van der Waals surface area contributed by atoms with Gasteiger partial charge in [0.25, 0.3) is 0 Å². The predicted octanol–water partition coefficient (Wildman–Crippen LogP) is 1.64. The summed E-state index contributed by atoms with van der Waals surface area (Å²) in [7, 11) is 0. The van der Waals surface area contributed by atoms with E-state index in [1.807, 2.05) is 0 Å². The molecule has 0 heterocycles. The van der Waals surface area contributed by atoms with Crippen LogP contribution in [-0.4, -0.2) is 21.6 Å². The third-order valence-corrected chi connectivity index (χ3v) is 2.29. The Morgan fingerprint density at radius 2 is 1.79 bits per heavy atom. The summed E-state index contributed by atoms with van der Waals surface area (Å²) in [5.41, 5.74) is 0.354. The molecule has 0 radical (unpaired) electrons. The van der Waals surface area contributed by atoms with Gasteiger partial charge in [0, 0.05) is 5.56 Å². The van der Waals surface area contributed by atoms with Gasteiger partial charge in [0.15, 0.2) is 10.5 Å². The quantitative estimate of drug-likeness (QED) is 0.453. The van der Waals surface area contributed by atoms with Gasteiger partial charge >= 0.3 is 5.97 Å². The van der Waals surface area contributed by atoms with Gasteiger partial charge in [-0.1, -0.05) is 30.3 Å². The highest BCUT2D eigenvalue weighted by atomic mass is 32.1. The third kappa shape index (κ3) is 1.96. The van der Waals surface area contributed by atoms with Gasteiger partial charge in [-0.2, -0.15) is 12.6 Å². The Morgan fingerprint density at radius 1 is 1.29 bits per heavy atom. The molecule has 74 valence electrons. The van der Waals surface area contributed by atoms with Crippen LogP contribution in [0.25, 0.3) is 0 Å². The number of thiol groups is 1. The van der Waals surface area contributed by atoms with Crippen LogP contribution in [0, 0.1) is 0 Å². The summed E-state index contributed by atoms with van der Waals surface area (Å²) in [4.78, 5) is 22.4. The SMILES string of the molecule is C[C@@](S)(C(=O)O)C(=O)c1ccccc1. The van der Waals surface area contributed by atoms with Crippen LogP contribution in [0.15, 0.2) is 30.3 Å². The first-order valence-electron chi connectivity index (χ1n) is 4.02. The Kier molecular flexibility index (Phi) is 2.96. The van der Waals surface area contributed by atoms with Gasteiger partial charge in [0.05, 0.1) is 0 Å². The van der Waals surface area contributed by atoms with Crippen LogP contribution < -0.4 is 0 Å². The molecule has 1 aromatic rings. The fourth-order valence-electron chi connectivity index (χ4n) is 0.968. The molecule has 0 bridgehead atoms. The summed E-state index contributed by atoms with van der Waals surface area (Å²) >= 11 is 3.84. The second kappa shape index (κ2) is 3.84. The zero-order valence-electron chi connectivity index (χ0n) is 7.60. The number of carbonyl (C=O) groups excluding carboxylic acids is 1. The predicted molar refractivity (Wildman–Crippen MR) is 55.8 cm³/mol. The maximum absolute atomic E-state index is 11.7. The molecule has 1 atom stereocenters. The molecule has 0 saturated heterocycles. The van der Waals surface area contributed by atoms with E-state index >= 15 is 0 Å². The maximum atomic E-state index is 11.7. The van der Waals surface area contributed by atoms with E-state index in [9.17, 15) is 9.59 Å². The lowest BCUT2D eigenvalue weighted by atomic mass is 9.99. The van der Waals surface area contributed by atoms with Crippen LogP contribution in [0.4, 0.5) is 0 Å². The summed E-state index contributed by atoms with van der Waals surface area (Å²) in [5, 5.41) is 8.78. The van der Waals surface area contributed by atoms with E-state index in [0.29, 0.717) is 5.56 Å². The lowest BCUT2D eigenvalue weighted by Crippen LogP contribution is -2.38. The van der Waals surface area contributed by atoms with Crippen molar-refractivity contribution in [2.75, 3.05) is 0 Å². The van der Waals surface area contributed by atoms with E-state index in [0.717, 1.165) is 0 Å². The second-order valence-electron chi connectivity index (χ2n) is 3.07. The van der Waals surface area contributed by atoms with Gasteiger partial charge in [0.1, 0.15) is 0 Å². The van der Waals surface area contributed by atoms with Gasteiger partial charge < -0.3 is 5.11 Å². The van der Waals surface area contributed by atoms with Gasteiger partial charge in [-0.05, 0) is 6.92 Å². The van der Waals surface area contributed by atoms with Crippen molar-refractivity contribution in [1.29, 1.82) is 0 Å². The molecule has 0 amide bonds. The van der Waals surface area contributed by atoms with Crippen LogP contribution in [0.5, 0.6) is 0 Å². The van der Waals surface area contributed by atoms with Crippen LogP contribution >= 0.6 is 12.6 Å². The molecular formula is C10H10O3S. The van der Waals surface area contributed by atoms with E-state index in [4.69, 9.17) is 5.11 Å².